The van der Waals surface area contributed by atoms with E-state index in [-0.39, 0.29) is 15.8 Å². The SMILES string of the molecule is Cc1ccc(S(=O)(=O)O)cc1.Cc1ccc(S(=O)(=O)[O-])cc1.Cc1ccc2n(C)c(-c3ccc(/C=C/C=N/N=C(N)N)cc3)c[n+]2c1. The molecule has 0 bridgehead atoms. The molecule has 2 aromatic heterocycles. The fraction of sp³-hybridized carbons (Fsp3) is 0.121. The second kappa shape index (κ2) is 15.9. The summed E-state index contributed by atoms with van der Waals surface area (Å²) in [6.45, 7) is 5.76. The number of nitrogens with two attached hydrogens (primary N) is 2. The van der Waals surface area contributed by atoms with E-state index in [0.717, 1.165) is 33.6 Å². The molecule has 47 heavy (non-hydrogen) atoms. The maximum Gasteiger partial charge on any atom is 0.294 e. The Bertz CT molecular complexity index is 2040. The van der Waals surface area contributed by atoms with Crippen molar-refractivity contribution >= 4 is 44.1 Å². The first-order chi connectivity index (χ1) is 22.0. The maximum atomic E-state index is 10.5. The van der Waals surface area contributed by atoms with Gasteiger partial charge in [0.05, 0.1) is 23.0 Å². The van der Waals surface area contributed by atoms with Gasteiger partial charge in [0.2, 0.25) is 5.96 Å². The van der Waals surface area contributed by atoms with Crippen LogP contribution in [0.25, 0.3) is 23.0 Å². The minimum atomic E-state index is -4.27. The zero-order valence-electron chi connectivity index (χ0n) is 26.2. The van der Waals surface area contributed by atoms with E-state index in [1.807, 2.05) is 19.9 Å². The normalized spacial score (nSPS) is 11.5. The van der Waals surface area contributed by atoms with Crippen LogP contribution in [0.1, 0.15) is 22.3 Å². The third-order valence-electron chi connectivity index (χ3n) is 6.52. The molecule has 0 fully saturated rings. The number of benzene rings is 3. The quantitative estimate of drug-likeness (QED) is 0.0783. The summed E-state index contributed by atoms with van der Waals surface area (Å²) in [5.41, 5.74) is 18.1. The number of pyridine rings is 1. The van der Waals surface area contributed by atoms with Gasteiger partial charge in [-0.05, 0) is 80.4 Å². The lowest BCUT2D eigenvalue weighted by Gasteiger charge is -2.05. The first kappa shape index (κ1) is 36.3. The molecule has 0 saturated carbocycles. The smallest absolute Gasteiger partial charge is 0.294 e. The molecule has 0 amide bonds. The van der Waals surface area contributed by atoms with E-state index in [9.17, 15) is 21.4 Å². The van der Waals surface area contributed by atoms with Crippen LogP contribution in [0.2, 0.25) is 0 Å². The zero-order chi connectivity index (χ0) is 34.8. The van der Waals surface area contributed by atoms with Crippen molar-refractivity contribution in [1.82, 2.24) is 4.57 Å². The average Bonchev–Trinajstić information content (AvgIpc) is 3.32. The molecule has 3 aromatic carbocycles. The van der Waals surface area contributed by atoms with Crippen LogP contribution in [0.5, 0.6) is 0 Å². The lowest BCUT2D eigenvalue weighted by molar-refractivity contribution is -0.510. The molecule has 0 unspecified atom stereocenters. The number of nitrogens with zero attached hydrogens (tertiary/aromatic N) is 4. The number of rotatable bonds is 6. The first-order valence-electron chi connectivity index (χ1n) is 14.0. The van der Waals surface area contributed by atoms with E-state index in [1.54, 1.807) is 30.3 Å². The molecule has 12 nitrogen and oxygen atoms in total. The van der Waals surface area contributed by atoms with Gasteiger partial charge >= 0.3 is 0 Å². The monoisotopic (exact) mass is 676 g/mol. The van der Waals surface area contributed by atoms with Gasteiger partial charge in [0, 0.05) is 17.8 Å². The Hall–Kier alpha value is -5.15. The minimum Gasteiger partial charge on any atom is -0.744 e. The standard InChI is InChI=1S/C19H21N6.2C7H8O3S/c1-14-5-10-18-24(2)17(13-25(18)12-14)16-8-6-15(7-9-16)4-3-11-22-23-19(20)21;2*1-6-2-4-7(5-3-6)11(8,9)10/h3-13H,1-2H3,(H4,20,21,23);2*2-5H,1H3,(H,8,9,10)/q+1;;/p-1/b4-3+,22-11+;;. The van der Waals surface area contributed by atoms with E-state index in [1.165, 1.54) is 36.0 Å². The van der Waals surface area contributed by atoms with E-state index < -0.39 is 20.2 Å². The van der Waals surface area contributed by atoms with Gasteiger partial charge in [0.25, 0.3) is 15.8 Å². The van der Waals surface area contributed by atoms with Gasteiger partial charge in [-0.1, -0.05) is 53.6 Å². The van der Waals surface area contributed by atoms with Crippen molar-refractivity contribution in [3.05, 3.63) is 126 Å². The maximum absolute atomic E-state index is 10.5. The molecule has 14 heteroatoms. The van der Waals surface area contributed by atoms with Crippen LogP contribution in [-0.4, -0.2) is 42.7 Å². The largest absolute Gasteiger partial charge is 0.744 e. The van der Waals surface area contributed by atoms with Crippen LogP contribution in [0, 0.1) is 20.8 Å². The Balaban J connectivity index is 0.000000225. The van der Waals surface area contributed by atoms with Crippen molar-refractivity contribution in [3.8, 4) is 11.3 Å². The molecule has 2 heterocycles. The van der Waals surface area contributed by atoms with Crippen LogP contribution < -0.4 is 15.9 Å². The highest BCUT2D eigenvalue weighted by Crippen LogP contribution is 2.21. The molecule has 0 aliphatic carbocycles. The van der Waals surface area contributed by atoms with Crippen LogP contribution in [0.3, 0.4) is 0 Å². The van der Waals surface area contributed by atoms with Gasteiger partial charge < -0.3 is 16.0 Å². The number of allylic oxidation sites excluding steroid dienone is 1. The fourth-order valence-corrected chi connectivity index (χ4v) is 5.04. The minimum absolute atomic E-state index is 0.0583. The molecule has 0 atom stereocenters. The highest BCUT2D eigenvalue weighted by molar-refractivity contribution is 7.86. The Morgan fingerprint density at radius 3 is 1.83 bits per heavy atom. The lowest BCUT2D eigenvalue weighted by Crippen LogP contribution is -2.21. The Labute approximate surface area is 274 Å². The lowest BCUT2D eigenvalue weighted by atomic mass is 10.1. The second-order valence-electron chi connectivity index (χ2n) is 10.4. The summed E-state index contributed by atoms with van der Waals surface area (Å²) in [7, 11) is -6.21. The van der Waals surface area contributed by atoms with E-state index >= 15 is 0 Å². The number of guanidine groups is 1. The third kappa shape index (κ3) is 11.3. The summed E-state index contributed by atoms with van der Waals surface area (Å²) in [4.78, 5) is -0.244. The summed E-state index contributed by atoms with van der Waals surface area (Å²) in [5, 5.41) is 7.25. The van der Waals surface area contributed by atoms with Crippen LogP contribution >= 0.6 is 0 Å². The number of imidazole rings is 1. The first-order valence-corrected chi connectivity index (χ1v) is 16.8. The predicted molar refractivity (Wildman–Crippen MR) is 182 cm³/mol. The van der Waals surface area contributed by atoms with Crippen molar-refractivity contribution in [1.29, 1.82) is 0 Å². The van der Waals surface area contributed by atoms with Crippen LogP contribution in [-0.2, 0) is 27.3 Å². The molecular formula is C33H36N6O6S2. The summed E-state index contributed by atoms with van der Waals surface area (Å²) >= 11 is 0. The number of aryl methyl sites for hydroxylation is 4. The summed E-state index contributed by atoms with van der Waals surface area (Å²) in [5.74, 6) is -0.0583. The van der Waals surface area contributed by atoms with Crippen molar-refractivity contribution in [2.75, 3.05) is 0 Å². The summed E-state index contributed by atoms with van der Waals surface area (Å²) in [6, 6.07) is 24.4. The zero-order valence-corrected chi connectivity index (χ0v) is 27.9. The van der Waals surface area contributed by atoms with E-state index in [0.29, 0.717) is 0 Å². The molecule has 0 aliphatic heterocycles. The van der Waals surface area contributed by atoms with Gasteiger partial charge in [-0.15, -0.1) is 5.10 Å². The topological polar surface area (TPSA) is 197 Å². The number of hydrogen-bond donors (Lipinski definition) is 3. The highest BCUT2D eigenvalue weighted by atomic mass is 32.2. The van der Waals surface area contributed by atoms with Crippen molar-refractivity contribution in [2.24, 2.45) is 28.7 Å². The highest BCUT2D eigenvalue weighted by Gasteiger charge is 2.15. The molecule has 5 N–H and O–H groups in total. The molecule has 0 saturated heterocycles. The van der Waals surface area contributed by atoms with Gasteiger partial charge in [0.15, 0.2) is 5.69 Å². The van der Waals surface area contributed by atoms with Crippen molar-refractivity contribution < 1.29 is 30.3 Å². The van der Waals surface area contributed by atoms with Crippen LogP contribution in [0.15, 0.2) is 123 Å². The number of aromatic nitrogens is 2. The summed E-state index contributed by atoms with van der Waals surface area (Å²) < 4.78 is 65.1. The van der Waals surface area contributed by atoms with Gasteiger partial charge in [-0.3, -0.25) is 4.55 Å². The Kier molecular flexibility index (Phi) is 12.3. The number of hydrogen-bond acceptors (Lipinski definition) is 7. The average molecular weight is 677 g/mol. The summed E-state index contributed by atoms with van der Waals surface area (Å²) in [6.07, 6.45) is 9.55. The number of fused-ring (bicyclic) bond motifs is 1. The molecule has 5 rings (SSSR count). The predicted octanol–water partition coefficient (Wildman–Crippen LogP) is 4.15. The molecular weight excluding hydrogens is 641 g/mol. The molecule has 5 aromatic rings. The molecule has 0 radical (unpaired) electrons. The Morgan fingerprint density at radius 1 is 0.787 bits per heavy atom. The van der Waals surface area contributed by atoms with Crippen molar-refractivity contribution in [3.63, 3.8) is 0 Å². The Morgan fingerprint density at radius 2 is 1.32 bits per heavy atom. The third-order valence-corrected chi connectivity index (χ3v) is 8.24. The molecule has 0 spiro atoms. The van der Waals surface area contributed by atoms with E-state index in [4.69, 9.17) is 16.0 Å². The van der Waals surface area contributed by atoms with Gasteiger partial charge in [-0.25, -0.2) is 17.4 Å². The van der Waals surface area contributed by atoms with E-state index in [2.05, 4.69) is 81.9 Å². The van der Waals surface area contributed by atoms with Gasteiger partial charge in [-0.2, -0.15) is 13.5 Å². The fourth-order valence-electron chi connectivity index (χ4n) is 4.09. The van der Waals surface area contributed by atoms with Crippen LogP contribution in [0.4, 0.5) is 0 Å². The van der Waals surface area contributed by atoms with Gasteiger partial charge in [0.1, 0.15) is 16.3 Å². The second-order valence-corrected chi connectivity index (χ2v) is 13.2. The molecule has 0 aliphatic rings. The van der Waals surface area contributed by atoms with Crippen molar-refractivity contribution in [2.45, 2.75) is 30.6 Å². The molecule has 246 valence electrons.